The second-order valence-corrected chi connectivity index (χ2v) is 6.57. The number of aromatic nitrogens is 3. The van der Waals surface area contributed by atoms with Gasteiger partial charge in [0, 0.05) is 38.9 Å². The van der Waals surface area contributed by atoms with Gasteiger partial charge in [0.2, 0.25) is 5.95 Å². The molecule has 1 aliphatic heterocycles. The van der Waals surface area contributed by atoms with E-state index in [-0.39, 0.29) is 0 Å². The predicted octanol–water partition coefficient (Wildman–Crippen LogP) is 2.77. The second-order valence-electron chi connectivity index (χ2n) is 6.19. The van der Waals surface area contributed by atoms with Crippen molar-refractivity contribution < 1.29 is 0 Å². The third-order valence-electron chi connectivity index (χ3n) is 4.51. The van der Waals surface area contributed by atoms with Crippen molar-refractivity contribution in [3.05, 3.63) is 34.1 Å². The van der Waals surface area contributed by atoms with E-state index in [0.29, 0.717) is 16.5 Å². The third kappa shape index (κ3) is 3.51. The number of hydrogen-bond donors (Lipinski definition) is 1. The molecule has 8 heteroatoms. The summed E-state index contributed by atoms with van der Waals surface area (Å²) in [5, 5.41) is 13.3. The lowest BCUT2D eigenvalue weighted by molar-refractivity contribution is 0.640. The van der Waals surface area contributed by atoms with Crippen LogP contribution < -0.4 is 15.1 Å². The van der Waals surface area contributed by atoms with Crippen molar-refractivity contribution >= 4 is 29.2 Å². The lowest BCUT2D eigenvalue weighted by Crippen LogP contribution is -2.47. The molecule has 1 saturated heterocycles. The first kappa shape index (κ1) is 18.2. The first-order valence-electron chi connectivity index (χ1n) is 8.68. The maximum absolute atomic E-state index is 9.55. The minimum Gasteiger partial charge on any atom is -0.354 e. The van der Waals surface area contributed by atoms with Crippen LogP contribution in [-0.4, -0.2) is 47.7 Å². The van der Waals surface area contributed by atoms with Crippen LogP contribution in [-0.2, 0) is 0 Å². The normalized spacial score (nSPS) is 14.3. The zero-order chi connectivity index (χ0) is 18.7. The lowest BCUT2D eigenvalue weighted by atomic mass is 10.1. The molecule has 2 aromatic heterocycles. The highest BCUT2D eigenvalue weighted by Gasteiger charge is 2.24. The molecule has 2 aromatic rings. The Labute approximate surface area is 158 Å². The van der Waals surface area contributed by atoms with Gasteiger partial charge in [-0.15, -0.1) is 0 Å². The summed E-state index contributed by atoms with van der Waals surface area (Å²) < 4.78 is 0. The first-order valence-corrected chi connectivity index (χ1v) is 9.06. The van der Waals surface area contributed by atoms with Crippen molar-refractivity contribution in [2.75, 3.05) is 47.8 Å². The van der Waals surface area contributed by atoms with Crippen molar-refractivity contribution in [1.82, 2.24) is 15.0 Å². The van der Waals surface area contributed by atoms with Gasteiger partial charge in [0.1, 0.15) is 17.7 Å². The summed E-state index contributed by atoms with van der Waals surface area (Å²) in [6.45, 7) is 9.69. The van der Waals surface area contributed by atoms with Gasteiger partial charge in [-0.25, -0.2) is 9.97 Å². The fourth-order valence-corrected chi connectivity index (χ4v) is 3.23. The summed E-state index contributed by atoms with van der Waals surface area (Å²) in [7, 11) is 0. The van der Waals surface area contributed by atoms with E-state index in [2.05, 4.69) is 36.1 Å². The molecule has 1 aliphatic rings. The Hall–Kier alpha value is -2.59. The molecule has 1 N–H and O–H groups in total. The number of nitrogens with one attached hydrogen (secondary N) is 1. The number of nitrogens with zero attached hydrogens (tertiary/aromatic N) is 6. The Morgan fingerprint density at radius 1 is 1.19 bits per heavy atom. The number of hydrogen-bond acceptors (Lipinski definition) is 7. The number of nitriles is 1. The van der Waals surface area contributed by atoms with Gasteiger partial charge in [0.25, 0.3) is 0 Å². The zero-order valence-electron chi connectivity index (χ0n) is 15.3. The Bertz CT molecular complexity index is 838. The third-order valence-corrected chi connectivity index (χ3v) is 5.07. The molecular formula is C18H22ClN7. The fourth-order valence-electron chi connectivity index (χ4n) is 3.09. The van der Waals surface area contributed by atoms with Crippen LogP contribution in [0.3, 0.4) is 0 Å². The smallest absolute Gasteiger partial charge is 0.224 e. The van der Waals surface area contributed by atoms with Crippen LogP contribution >= 0.6 is 11.6 Å². The Balaban J connectivity index is 1.77. The van der Waals surface area contributed by atoms with Gasteiger partial charge in [0.05, 0.1) is 16.3 Å². The summed E-state index contributed by atoms with van der Waals surface area (Å²) in [5.41, 5.74) is 2.11. The van der Waals surface area contributed by atoms with Crippen molar-refractivity contribution in [2.24, 2.45) is 0 Å². The molecule has 0 amide bonds. The van der Waals surface area contributed by atoms with E-state index >= 15 is 0 Å². The van der Waals surface area contributed by atoms with Crippen molar-refractivity contribution in [1.29, 1.82) is 5.26 Å². The van der Waals surface area contributed by atoms with E-state index in [9.17, 15) is 5.26 Å². The molecule has 7 nitrogen and oxygen atoms in total. The quantitative estimate of drug-likeness (QED) is 0.884. The zero-order valence-corrected chi connectivity index (χ0v) is 16.0. The number of aryl methyl sites for hydroxylation is 1. The maximum atomic E-state index is 9.55. The van der Waals surface area contributed by atoms with Crippen LogP contribution in [0.5, 0.6) is 0 Å². The van der Waals surface area contributed by atoms with Crippen molar-refractivity contribution in [3.8, 4) is 6.07 Å². The Morgan fingerprint density at radius 3 is 2.54 bits per heavy atom. The number of pyridine rings is 1. The molecule has 0 unspecified atom stereocenters. The standard InChI is InChI=1S/C18H22ClN7/c1-4-21-18-22-6-5-15(24-18)25-7-9-26(10-8-25)17-14(11-20)12(2)16(19)13(3)23-17/h5-6H,4,7-10H2,1-3H3,(H,21,22,24). The molecule has 0 aromatic carbocycles. The molecule has 0 saturated carbocycles. The molecule has 0 aliphatic carbocycles. The highest BCUT2D eigenvalue weighted by atomic mass is 35.5. The van der Waals surface area contributed by atoms with E-state index in [0.717, 1.165) is 55.6 Å². The predicted molar refractivity (Wildman–Crippen MR) is 104 cm³/mol. The number of halogens is 1. The molecule has 26 heavy (non-hydrogen) atoms. The molecule has 3 heterocycles. The lowest BCUT2D eigenvalue weighted by Gasteiger charge is -2.36. The minimum absolute atomic E-state index is 0.561. The highest BCUT2D eigenvalue weighted by Crippen LogP contribution is 2.29. The summed E-state index contributed by atoms with van der Waals surface area (Å²) in [6, 6.07) is 4.19. The average Bonchev–Trinajstić information content (AvgIpc) is 2.66. The van der Waals surface area contributed by atoms with E-state index < -0.39 is 0 Å². The fraction of sp³-hybridized carbons (Fsp3) is 0.444. The van der Waals surface area contributed by atoms with Gasteiger partial charge in [-0.05, 0) is 32.4 Å². The van der Waals surface area contributed by atoms with E-state index in [4.69, 9.17) is 11.6 Å². The van der Waals surface area contributed by atoms with Crippen LogP contribution in [0, 0.1) is 25.2 Å². The van der Waals surface area contributed by atoms with Crippen LogP contribution in [0.2, 0.25) is 5.02 Å². The molecule has 0 spiro atoms. The van der Waals surface area contributed by atoms with E-state index in [1.807, 2.05) is 26.8 Å². The summed E-state index contributed by atoms with van der Waals surface area (Å²) in [4.78, 5) is 17.7. The SMILES string of the molecule is CCNc1nccc(N2CCN(c3nc(C)c(Cl)c(C)c3C#N)CC2)n1. The Morgan fingerprint density at radius 2 is 1.88 bits per heavy atom. The largest absolute Gasteiger partial charge is 0.354 e. The monoisotopic (exact) mass is 371 g/mol. The van der Waals surface area contributed by atoms with Crippen LogP contribution in [0.1, 0.15) is 23.7 Å². The van der Waals surface area contributed by atoms with E-state index in [1.54, 1.807) is 6.20 Å². The van der Waals surface area contributed by atoms with Gasteiger partial charge in [-0.2, -0.15) is 10.2 Å². The van der Waals surface area contributed by atoms with Crippen LogP contribution in [0.4, 0.5) is 17.6 Å². The Kier molecular flexibility index (Phi) is 5.43. The van der Waals surface area contributed by atoms with Crippen LogP contribution in [0.25, 0.3) is 0 Å². The van der Waals surface area contributed by atoms with Crippen LogP contribution in [0.15, 0.2) is 12.3 Å². The van der Waals surface area contributed by atoms with Crippen molar-refractivity contribution in [3.63, 3.8) is 0 Å². The van der Waals surface area contributed by atoms with Gasteiger partial charge in [-0.1, -0.05) is 11.6 Å². The van der Waals surface area contributed by atoms with Gasteiger partial charge < -0.3 is 15.1 Å². The highest BCUT2D eigenvalue weighted by molar-refractivity contribution is 6.32. The summed E-state index contributed by atoms with van der Waals surface area (Å²) in [6.07, 6.45) is 1.77. The molecular weight excluding hydrogens is 350 g/mol. The maximum Gasteiger partial charge on any atom is 0.224 e. The summed E-state index contributed by atoms with van der Waals surface area (Å²) >= 11 is 6.26. The first-order chi connectivity index (χ1) is 12.5. The topological polar surface area (TPSA) is 81.0 Å². The van der Waals surface area contributed by atoms with Crippen molar-refractivity contribution in [2.45, 2.75) is 20.8 Å². The molecule has 136 valence electrons. The average molecular weight is 372 g/mol. The minimum atomic E-state index is 0.561. The second kappa shape index (κ2) is 7.75. The van der Waals surface area contributed by atoms with Gasteiger partial charge >= 0.3 is 0 Å². The van der Waals surface area contributed by atoms with Gasteiger partial charge in [0.15, 0.2) is 0 Å². The molecule has 0 bridgehead atoms. The summed E-state index contributed by atoms with van der Waals surface area (Å²) in [5.74, 6) is 2.28. The van der Waals surface area contributed by atoms with E-state index in [1.165, 1.54) is 0 Å². The number of anilines is 3. The molecule has 1 fully saturated rings. The number of piperazine rings is 1. The van der Waals surface area contributed by atoms with Gasteiger partial charge in [-0.3, -0.25) is 0 Å². The molecule has 0 radical (unpaired) electrons. The molecule has 0 atom stereocenters. The molecule has 3 rings (SSSR count). The number of rotatable bonds is 4.